The molecule has 3 aromatic rings. The van der Waals surface area contributed by atoms with Crippen molar-refractivity contribution < 1.29 is 4.39 Å². The molecule has 3 rings (SSSR count). The van der Waals surface area contributed by atoms with Crippen LogP contribution in [0, 0.1) is 5.82 Å². The molecule has 0 radical (unpaired) electrons. The molecule has 0 fully saturated rings. The van der Waals surface area contributed by atoms with E-state index in [9.17, 15) is 4.39 Å². The molecule has 0 aliphatic heterocycles. The zero-order valence-corrected chi connectivity index (χ0v) is 12.1. The lowest BCUT2D eigenvalue weighted by molar-refractivity contribution is 0.628. The third-order valence-electron chi connectivity index (χ3n) is 3.43. The molecule has 0 saturated carbocycles. The molecular formula is C19H17FN2. The molecular weight excluding hydrogens is 275 g/mol. The van der Waals surface area contributed by atoms with Gasteiger partial charge in [0.25, 0.3) is 0 Å². The van der Waals surface area contributed by atoms with Crippen LogP contribution in [0.1, 0.15) is 5.56 Å². The van der Waals surface area contributed by atoms with Crippen molar-refractivity contribution in [1.82, 2.24) is 5.43 Å². The Morgan fingerprint density at radius 2 is 1.27 bits per heavy atom. The van der Waals surface area contributed by atoms with E-state index in [1.165, 1.54) is 17.7 Å². The second kappa shape index (κ2) is 6.87. The number of hydrazine groups is 1. The first-order valence-corrected chi connectivity index (χ1v) is 7.20. The molecule has 0 bridgehead atoms. The van der Waals surface area contributed by atoms with Gasteiger partial charge in [-0.05, 0) is 41.0 Å². The number of nitrogens with one attached hydrogen (secondary N) is 2. The van der Waals surface area contributed by atoms with Crippen LogP contribution in [-0.4, -0.2) is 0 Å². The van der Waals surface area contributed by atoms with Crippen LogP contribution in [0.25, 0.3) is 11.1 Å². The highest BCUT2D eigenvalue weighted by Gasteiger charge is 1.99. The predicted molar refractivity (Wildman–Crippen MR) is 88.7 cm³/mol. The van der Waals surface area contributed by atoms with Crippen molar-refractivity contribution in [3.63, 3.8) is 0 Å². The van der Waals surface area contributed by atoms with E-state index in [1.54, 1.807) is 12.1 Å². The fourth-order valence-electron chi connectivity index (χ4n) is 2.23. The minimum atomic E-state index is -0.212. The average molecular weight is 292 g/mol. The summed E-state index contributed by atoms with van der Waals surface area (Å²) in [5.41, 5.74) is 10.6. The van der Waals surface area contributed by atoms with Gasteiger partial charge in [-0.15, -0.1) is 0 Å². The van der Waals surface area contributed by atoms with Gasteiger partial charge in [-0.2, -0.15) is 0 Å². The second-order valence-electron chi connectivity index (χ2n) is 5.05. The topological polar surface area (TPSA) is 24.1 Å². The Hall–Kier alpha value is -2.65. The summed E-state index contributed by atoms with van der Waals surface area (Å²) >= 11 is 0. The Kier molecular flexibility index (Phi) is 4.47. The second-order valence-corrected chi connectivity index (χ2v) is 5.05. The van der Waals surface area contributed by atoms with Gasteiger partial charge < -0.3 is 5.43 Å². The van der Waals surface area contributed by atoms with Crippen molar-refractivity contribution in [3.05, 3.63) is 90.2 Å². The van der Waals surface area contributed by atoms with Crippen molar-refractivity contribution in [2.75, 3.05) is 5.43 Å². The minimum absolute atomic E-state index is 0.212. The van der Waals surface area contributed by atoms with Gasteiger partial charge >= 0.3 is 0 Å². The normalized spacial score (nSPS) is 10.4. The van der Waals surface area contributed by atoms with Gasteiger partial charge in [-0.3, -0.25) is 0 Å². The summed E-state index contributed by atoms with van der Waals surface area (Å²) in [6, 6.07) is 24.7. The van der Waals surface area contributed by atoms with Gasteiger partial charge in [0, 0.05) is 12.2 Å². The van der Waals surface area contributed by atoms with Gasteiger partial charge in [0.2, 0.25) is 0 Å². The minimum Gasteiger partial charge on any atom is -0.321 e. The summed E-state index contributed by atoms with van der Waals surface area (Å²) in [4.78, 5) is 0. The van der Waals surface area contributed by atoms with E-state index in [-0.39, 0.29) is 5.82 Å². The quantitative estimate of drug-likeness (QED) is 0.671. The summed E-state index contributed by atoms with van der Waals surface area (Å²) in [5, 5.41) is 0. The smallest absolute Gasteiger partial charge is 0.123 e. The maximum atomic E-state index is 12.9. The lowest BCUT2D eigenvalue weighted by atomic mass is 10.0. The molecule has 0 saturated heterocycles. The van der Waals surface area contributed by atoms with Crippen molar-refractivity contribution in [2.45, 2.75) is 6.54 Å². The van der Waals surface area contributed by atoms with Crippen LogP contribution in [-0.2, 0) is 6.54 Å². The van der Waals surface area contributed by atoms with E-state index in [1.807, 2.05) is 42.5 Å². The summed E-state index contributed by atoms with van der Waals surface area (Å²) in [6.45, 7) is 0.721. The molecule has 0 aromatic heterocycles. The Labute approximate surface area is 129 Å². The highest BCUT2D eigenvalue weighted by atomic mass is 19.1. The summed E-state index contributed by atoms with van der Waals surface area (Å²) < 4.78 is 12.9. The number of anilines is 1. The first-order valence-electron chi connectivity index (χ1n) is 7.20. The van der Waals surface area contributed by atoms with Gasteiger partial charge in [0.1, 0.15) is 5.82 Å². The zero-order valence-electron chi connectivity index (χ0n) is 12.1. The third kappa shape index (κ3) is 3.71. The number of halogens is 1. The van der Waals surface area contributed by atoms with E-state index in [4.69, 9.17) is 0 Å². The van der Waals surface area contributed by atoms with Crippen LogP contribution in [0.2, 0.25) is 0 Å². The van der Waals surface area contributed by atoms with Crippen LogP contribution < -0.4 is 10.9 Å². The summed E-state index contributed by atoms with van der Waals surface area (Å²) in [6.07, 6.45) is 0. The first kappa shape index (κ1) is 14.3. The van der Waals surface area contributed by atoms with Crippen LogP contribution >= 0.6 is 0 Å². The van der Waals surface area contributed by atoms with Gasteiger partial charge in [0.15, 0.2) is 0 Å². The van der Waals surface area contributed by atoms with E-state index >= 15 is 0 Å². The lowest BCUT2D eigenvalue weighted by Crippen LogP contribution is -2.20. The first-order chi connectivity index (χ1) is 10.8. The number of hydrogen-bond acceptors (Lipinski definition) is 2. The number of rotatable bonds is 5. The molecule has 3 heteroatoms. The van der Waals surface area contributed by atoms with Crippen LogP contribution in [0.5, 0.6) is 0 Å². The largest absolute Gasteiger partial charge is 0.321 e. The van der Waals surface area contributed by atoms with E-state index < -0.39 is 0 Å². The molecule has 0 spiro atoms. The van der Waals surface area contributed by atoms with Gasteiger partial charge in [0.05, 0.1) is 0 Å². The van der Waals surface area contributed by atoms with Crippen molar-refractivity contribution in [1.29, 1.82) is 0 Å². The third-order valence-corrected chi connectivity index (χ3v) is 3.43. The predicted octanol–water partition coefficient (Wildman–Crippen LogP) is 4.61. The molecule has 3 aromatic carbocycles. The fourth-order valence-corrected chi connectivity index (χ4v) is 2.23. The van der Waals surface area contributed by atoms with Crippen LogP contribution in [0.4, 0.5) is 10.1 Å². The van der Waals surface area contributed by atoms with Crippen LogP contribution in [0.15, 0.2) is 78.9 Å². The molecule has 2 N–H and O–H groups in total. The molecule has 0 atom stereocenters. The van der Waals surface area contributed by atoms with Crippen molar-refractivity contribution in [2.24, 2.45) is 0 Å². The molecule has 0 amide bonds. The summed E-state index contributed by atoms with van der Waals surface area (Å²) in [5.74, 6) is -0.212. The molecule has 0 aliphatic carbocycles. The Bertz CT molecular complexity index is 707. The number of hydrogen-bond donors (Lipinski definition) is 2. The Morgan fingerprint density at radius 1 is 0.682 bits per heavy atom. The van der Waals surface area contributed by atoms with Gasteiger partial charge in [-0.25, -0.2) is 9.82 Å². The van der Waals surface area contributed by atoms with Crippen LogP contribution in [0.3, 0.4) is 0 Å². The highest BCUT2D eigenvalue weighted by Crippen LogP contribution is 2.20. The van der Waals surface area contributed by atoms with Crippen molar-refractivity contribution in [3.8, 4) is 11.1 Å². The van der Waals surface area contributed by atoms with Gasteiger partial charge in [-0.1, -0.05) is 54.6 Å². The molecule has 110 valence electrons. The summed E-state index contributed by atoms with van der Waals surface area (Å²) in [7, 11) is 0. The average Bonchev–Trinajstić information content (AvgIpc) is 2.57. The standard InChI is InChI=1S/C19H17FN2/c20-18-12-10-17(11-13-18)16-8-6-15(7-9-16)14-21-22-19-4-2-1-3-5-19/h1-13,21-22H,14H2. The van der Waals surface area contributed by atoms with E-state index in [2.05, 4.69) is 23.0 Å². The van der Waals surface area contributed by atoms with Crippen molar-refractivity contribution >= 4 is 5.69 Å². The molecule has 2 nitrogen and oxygen atoms in total. The lowest BCUT2D eigenvalue weighted by Gasteiger charge is -2.09. The zero-order chi connectivity index (χ0) is 15.2. The fraction of sp³-hybridized carbons (Fsp3) is 0.0526. The maximum Gasteiger partial charge on any atom is 0.123 e. The number of benzene rings is 3. The number of para-hydroxylation sites is 1. The Balaban J connectivity index is 1.58. The molecule has 22 heavy (non-hydrogen) atoms. The monoisotopic (exact) mass is 292 g/mol. The SMILES string of the molecule is Fc1ccc(-c2ccc(CNNc3ccccc3)cc2)cc1. The molecule has 0 aliphatic rings. The molecule has 0 unspecified atom stereocenters. The van der Waals surface area contributed by atoms with E-state index in [0.29, 0.717) is 0 Å². The maximum absolute atomic E-state index is 12.9. The highest BCUT2D eigenvalue weighted by molar-refractivity contribution is 5.63. The Morgan fingerprint density at radius 3 is 1.91 bits per heavy atom. The van der Waals surface area contributed by atoms with E-state index in [0.717, 1.165) is 23.4 Å². The molecule has 0 heterocycles.